The van der Waals surface area contributed by atoms with Crippen LogP contribution in [0.4, 0.5) is 0 Å². The van der Waals surface area contributed by atoms with Crippen LogP contribution in [0.1, 0.15) is 22.3 Å². The molecule has 0 heterocycles. The Balaban J connectivity index is 2.69. The number of rotatable bonds is 4. The number of halogens is 2. The molecule has 4 heteroatoms. The van der Waals surface area contributed by atoms with E-state index in [0.717, 1.165) is 12.0 Å². The minimum Gasteiger partial charge on any atom is -0.352 e. The molecule has 2 nitrogen and oxygen atoms in total. The molecule has 0 aliphatic rings. The van der Waals surface area contributed by atoms with Gasteiger partial charge in [-0.1, -0.05) is 17.7 Å². The fraction of sp³-hybridized carbons (Fsp3) is 0.364. The summed E-state index contributed by atoms with van der Waals surface area (Å²) in [5.74, 6) is 0.453. The molecule has 0 saturated heterocycles. The van der Waals surface area contributed by atoms with Crippen LogP contribution < -0.4 is 5.32 Å². The topological polar surface area (TPSA) is 29.1 Å². The van der Waals surface area contributed by atoms with Gasteiger partial charge in [0.1, 0.15) is 0 Å². The van der Waals surface area contributed by atoms with Gasteiger partial charge in [-0.3, -0.25) is 4.79 Å². The fourth-order valence-corrected chi connectivity index (χ4v) is 1.53. The smallest absolute Gasteiger partial charge is 0.251 e. The maximum absolute atomic E-state index is 11.7. The molecule has 0 atom stereocenters. The van der Waals surface area contributed by atoms with Crippen molar-refractivity contribution in [2.24, 2.45) is 0 Å². The van der Waals surface area contributed by atoms with Crippen molar-refractivity contribution in [3.63, 3.8) is 0 Å². The van der Waals surface area contributed by atoms with E-state index in [9.17, 15) is 4.79 Å². The van der Waals surface area contributed by atoms with Crippen LogP contribution in [-0.4, -0.2) is 18.3 Å². The second-order valence-electron chi connectivity index (χ2n) is 3.21. The Labute approximate surface area is 99.6 Å². The number of hydrogen-bond acceptors (Lipinski definition) is 1. The number of benzene rings is 1. The van der Waals surface area contributed by atoms with Gasteiger partial charge in [-0.15, -0.1) is 11.6 Å². The van der Waals surface area contributed by atoms with Crippen LogP contribution in [0.25, 0.3) is 0 Å². The van der Waals surface area contributed by atoms with Crippen LogP contribution in [0.15, 0.2) is 18.2 Å². The molecule has 1 N–H and O–H groups in total. The summed E-state index contributed by atoms with van der Waals surface area (Å²) in [5, 5.41) is 3.40. The van der Waals surface area contributed by atoms with Crippen molar-refractivity contribution in [1.82, 2.24) is 5.32 Å². The van der Waals surface area contributed by atoms with Crippen LogP contribution in [0, 0.1) is 6.92 Å². The lowest BCUT2D eigenvalue weighted by Gasteiger charge is -2.07. The first-order chi connectivity index (χ1) is 7.16. The molecule has 15 heavy (non-hydrogen) atoms. The van der Waals surface area contributed by atoms with E-state index < -0.39 is 0 Å². The average molecular weight is 246 g/mol. The molecule has 0 spiro atoms. The number of carbonyl (C=O) groups excluding carboxylic acids is 1. The largest absolute Gasteiger partial charge is 0.352 e. The van der Waals surface area contributed by atoms with Gasteiger partial charge in [-0.25, -0.2) is 0 Å². The van der Waals surface area contributed by atoms with E-state index in [-0.39, 0.29) is 5.91 Å². The molecule has 0 aromatic heterocycles. The van der Waals surface area contributed by atoms with Gasteiger partial charge in [0, 0.05) is 23.0 Å². The zero-order chi connectivity index (χ0) is 11.3. The van der Waals surface area contributed by atoms with Crippen molar-refractivity contribution in [1.29, 1.82) is 0 Å². The Morgan fingerprint density at radius 1 is 1.47 bits per heavy atom. The Morgan fingerprint density at radius 3 is 2.87 bits per heavy atom. The Bertz CT molecular complexity index is 352. The van der Waals surface area contributed by atoms with Crippen molar-refractivity contribution < 1.29 is 4.79 Å². The first kappa shape index (κ1) is 12.3. The van der Waals surface area contributed by atoms with Crippen LogP contribution in [0.5, 0.6) is 0 Å². The van der Waals surface area contributed by atoms with E-state index in [0.29, 0.717) is 23.0 Å². The minimum absolute atomic E-state index is 0.0971. The molecule has 0 bridgehead atoms. The molecule has 0 fully saturated rings. The predicted molar refractivity (Wildman–Crippen MR) is 63.9 cm³/mol. The van der Waals surface area contributed by atoms with E-state index in [1.807, 2.05) is 6.92 Å². The van der Waals surface area contributed by atoms with Crippen LogP contribution in [-0.2, 0) is 0 Å². The number of nitrogens with one attached hydrogen (secondary N) is 1. The van der Waals surface area contributed by atoms with Crippen molar-refractivity contribution in [2.75, 3.05) is 12.4 Å². The molecule has 1 aromatic rings. The highest BCUT2D eigenvalue weighted by molar-refractivity contribution is 6.31. The first-order valence-electron chi connectivity index (χ1n) is 4.76. The molecular formula is C11H13Cl2NO. The van der Waals surface area contributed by atoms with Gasteiger partial charge in [0.05, 0.1) is 0 Å². The van der Waals surface area contributed by atoms with E-state index in [2.05, 4.69) is 5.32 Å². The Morgan fingerprint density at radius 2 is 2.20 bits per heavy atom. The lowest BCUT2D eigenvalue weighted by molar-refractivity contribution is 0.0953. The maximum Gasteiger partial charge on any atom is 0.251 e. The second kappa shape index (κ2) is 5.99. The van der Waals surface area contributed by atoms with Gasteiger partial charge in [-0.2, -0.15) is 0 Å². The van der Waals surface area contributed by atoms with E-state index >= 15 is 0 Å². The SMILES string of the molecule is Cc1c(Cl)cccc1C(=O)NCCCCl. The van der Waals surface area contributed by atoms with E-state index in [1.165, 1.54) is 0 Å². The molecule has 0 aliphatic carbocycles. The lowest BCUT2D eigenvalue weighted by atomic mass is 10.1. The zero-order valence-corrected chi connectivity index (χ0v) is 10.0. The van der Waals surface area contributed by atoms with Crippen LogP contribution in [0.2, 0.25) is 5.02 Å². The summed E-state index contributed by atoms with van der Waals surface area (Å²) in [6.45, 7) is 2.42. The normalized spacial score (nSPS) is 10.1. The van der Waals surface area contributed by atoms with Gasteiger partial charge < -0.3 is 5.32 Å². The van der Waals surface area contributed by atoms with Crippen molar-refractivity contribution in [2.45, 2.75) is 13.3 Å². The number of hydrogen-bond donors (Lipinski definition) is 1. The zero-order valence-electron chi connectivity index (χ0n) is 8.52. The predicted octanol–water partition coefficient (Wildman–Crippen LogP) is 3.01. The van der Waals surface area contributed by atoms with Crippen LogP contribution in [0.3, 0.4) is 0 Å². The third-order valence-corrected chi connectivity index (χ3v) is 2.79. The molecule has 0 unspecified atom stereocenters. The van der Waals surface area contributed by atoms with Gasteiger partial charge in [0.15, 0.2) is 0 Å². The number of carbonyl (C=O) groups is 1. The summed E-state index contributed by atoms with van der Waals surface area (Å²) in [6, 6.07) is 5.30. The molecule has 1 rings (SSSR count). The van der Waals surface area contributed by atoms with Crippen LogP contribution >= 0.6 is 23.2 Å². The highest BCUT2D eigenvalue weighted by Gasteiger charge is 2.09. The summed E-state index contributed by atoms with van der Waals surface area (Å²) in [4.78, 5) is 11.7. The fourth-order valence-electron chi connectivity index (χ4n) is 1.22. The molecule has 1 aromatic carbocycles. The van der Waals surface area contributed by atoms with Crippen molar-refractivity contribution in [3.05, 3.63) is 34.3 Å². The summed E-state index contributed by atoms with van der Waals surface area (Å²) in [5.41, 5.74) is 1.43. The minimum atomic E-state index is -0.0971. The van der Waals surface area contributed by atoms with Gasteiger partial charge in [0.25, 0.3) is 5.91 Å². The summed E-state index contributed by atoms with van der Waals surface area (Å²) >= 11 is 11.4. The quantitative estimate of drug-likeness (QED) is 0.642. The third kappa shape index (κ3) is 3.40. The second-order valence-corrected chi connectivity index (χ2v) is 4.00. The third-order valence-electron chi connectivity index (χ3n) is 2.11. The summed E-state index contributed by atoms with van der Waals surface area (Å²) < 4.78 is 0. The summed E-state index contributed by atoms with van der Waals surface area (Å²) in [6.07, 6.45) is 0.771. The number of amides is 1. The summed E-state index contributed by atoms with van der Waals surface area (Å²) in [7, 11) is 0. The Kier molecular flexibility index (Phi) is 4.92. The molecule has 1 amide bonds. The monoisotopic (exact) mass is 245 g/mol. The highest BCUT2D eigenvalue weighted by atomic mass is 35.5. The van der Waals surface area contributed by atoms with E-state index in [4.69, 9.17) is 23.2 Å². The molecule has 0 radical (unpaired) electrons. The molecule has 0 saturated carbocycles. The standard InChI is InChI=1S/C11H13Cl2NO/c1-8-9(4-2-5-10(8)13)11(15)14-7-3-6-12/h2,4-5H,3,6-7H2,1H3,(H,14,15). The van der Waals surface area contributed by atoms with Crippen molar-refractivity contribution in [3.8, 4) is 0 Å². The number of alkyl halides is 1. The van der Waals surface area contributed by atoms with Gasteiger partial charge in [-0.05, 0) is 31.0 Å². The molecular weight excluding hydrogens is 233 g/mol. The first-order valence-corrected chi connectivity index (χ1v) is 5.67. The Hall–Kier alpha value is -0.730. The average Bonchev–Trinajstić information content (AvgIpc) is 2.22. The van der Waals surface area contributed by atoms with Crippen molar-refractivity contribution >= 4 is 29.1 Å². The van der Waals surface area contributed by atoms with E-state index in [1.54, 1.807) is 18.2 Å². The maximum atomic E-state index is 11.7. The highest BCUT2D eigenvalue weighted by Crippen LogP contribution is 2.18. The van der Waals surface area contributed by atoms with Gasteiger partial charge >= 0.3 is 0 Å². The molecule has 0 aliphatic heterocycles. The lowest BCUT2D eigenvalue weighted by Crippen LogP contribution is -2.25. The molecule has 82 valence electrons. The van der Waals surface area contributed by atoms with Gasteiger partial charge in [0.2, 0.25) is 0 Å².